The minimum atomic E-state index is -0.949. The lowest BCUT2D eigenvalue weighted by atomic mass is 10.2. The highest BCUT2D eigenvalue weighted by molar-refractivity contribution is 7.98. The fraction of sp³-hybridized carbons (Fsp3) is 0.286. The van der Waals surface area contributed by atoms with E-state index in [2.05, 4.69) is 29.6 Å². The summed E-state index contributed by atoms with van der Waals surface area (Å²) in [5, 5.41) is 28.5. The summed E-state index contributed by atoms with van der Waals surface area (Å²) >= 11 is 2.62. The van der Waals surface area contributed by atoms with Gasteiger partial charge in [-0.05, 0) is 24.7 Å². The second-order valence-corrected chi connectivity index (χ2v) is 6.44. The van der Waals surface area contributed by atoms with Crippen LogP contribution in [0.2, 0.25) is 0 Å². The molecule has 3 rings (SSSR count). The summed E-state index contributed by atoms with van der Waals surface area (Å²) < 4.78 is 5.86. The Kier molecular flexibility index (Phi) is 4.70. The van der Waals surface area contributed by atoms with Crippen LogP contribution in [0.25, 0.3) is 11.0 Å². The van der Waals surface area contributed by atoms with Gasteiger partial charge in [0.05, 0.1) is 23.2 Å². The average molecular weight is 369 g/mol. The van der Waals surface area contributed by atoms with Gasteiger partial charge in [0, 0.05) is 13.2 Å². The minimum Gasteiger partial charge on any atom is -0.313 e. The minimum absolute atomic E-state index is 0.346. The molecule has 0 spiro atoms. The highest BCUT2D eigenvalue weighted by Crippen LogP contribution is 2.32. The SMILES string of the molecule is CSc1ncc2c(N=Nc3c(C)nc(C(C#N)C#N)n3C)snc2n1. The van der Waals surface area contributed by atoms with Crippen LogP contribution in [0.4, 0.5) is 10.8 Å². The van der Waals surface area contributed by atoms with Crippen molar-refractivity contribution in [2.24, 2.45) is 17.3 Å². The smallest absolute Gasteiger partial charge is 0.190 e. The molecule has 0 aliphatic rings. The quantitative estimate of drug-likeness (QED) is 0.391. The molecule has 0 saturated heterocycles. The van der Waals surface area contributed by atoms with Gasteiger partial charge in [-0.3, -0.25) is 0 Å². The standard InChI is InChI=1S/C14H11N9S2/c1-7-11(23(2)12(18-7)8(4-15)5-16)20-21-13-9-6-17-14(24-3)19-10(9)22-25-13/h6,8H,1-3H3. The zero-order valence-electron chi connectivity index (χ0n) is 13.5. The summed E-state index contributed by atoms with van der Waals surface area (Å²) in [7, 11) is 1.70. The monoisotopic (exact) mass is 369 g/mol. The van der Waals surface area contributed by atoms with Gasteiger partial charge in [0.15, 0.2) is 27.5 Å². The Labute approximate surface area is 151 Å². The maximum atomic E-state index is 9.04. The summed E-state index contributed by atoms with van der Waals surface area (Å²) in [5.74, 6) is -0.123. The predicted octanol–water partition coefficient (Wildman–Crippen LogP) is 3.40. The van der Waals surface area contributed by atoms with Gasteiger partial charge in [0.1, 0.15) is 5.82 Å². The van der Waals surface area contributed by atoms with Crippen LogP contribution in [0.3, 0.4) is 0 Å². The summed E-state index contributed by atoms with van der Waals surface area (Å²) in [6, 6.07) is 3.82. The van der Waals surface area contributed by atoms with E-state index in [-0.39, 0.29) is 0 Å². The molecule has 25 heavy (non-hydrogen) atoms. The van der Waals surface area contributed by atoms with Crippen LogP contribution >= 0.6 is 23.3 Å². The van der Waals surface area contributed by atoms with Gasteiger partial charge in [0.25, 0.3) is 0 Å². The Balaban J connectivity index is 1.98. The third kappa shape index (κ3) is 3.07. The molecule has 0 radical (unpaired) electrons. The highest BCUT2D eigenvalue weighted by atomic mass is 32.2. The lowest BCUT2D eigenvalue weighted by Crippen LogP contribution is -2.02. The van der Waals surface area contributed by atoms with E-state index in [0.29, 0.717) is 33.1 Å². The van der Waals surface area contributed by atoms with Crippen molar-refractivity contribution < 1.29 is 0 Å². The van der Waals surface area contributed by atoms with E-state index in [1.54, 1.807) is 24.7 Å². The molecule has 0 fully saturated rings. The second kappa shape index (κ2) is 6.93. The molecule has 0 unspecified atom stereocenters. The summed E-state index contributed by atoms with van der Waals surface area (Å²) in [6.07, 6.45) is 3.57. The number of nitrogens with zero attached hydrogens (tertiary/aromatic N) is 9. The van der Waals surface area contributed by atoms with E-state index in [4.69, 9.17) is 10.5 Å². The van der Waals surface area contributed by atoms with Crippen molar-refractivity contribution in [1.29, 1.82) is 10.5 Å². The summed E-state index contributed by atoms with van der Waals surface area (Å²) in [5.41, 5.74) is 1.17. The number of imidazole rings is 1. The van der Waals surface area contributed by atoms with E-state index in [1.165, 1.54) is 23.3 Å². The van der Waals surface area contributed by atoms with Crippen molar-refractivity contribution in [3.63, 3.8) is 0 Å². The van der Waals surface area contributed by atoms with Crippen molar-refractivity contribution >= 4 is 45.1 Å². The number of hydrogen-bond acceptors (Lipinski definition) is 10. The van der Waals surface area contributed by atoms with Crippen LogP contribution in [0.1, 0.15) is 17.4 Å². The fourth-order valence-corrected chi connectivity index (χ4v) is 3.13. The Hall–Kier alpha value is -2.89. The number of azo groups is 1. The molecular formula is C14H11N9S2. The molecule has 3 aromatic rings. The molecule has 0 aromatic carbocycles. The Bertz CT molecular complexity index is 1040. The van der Waals surface area contributed by atoms with Crippen LogP contribution in [-0.4, -0.2) is 30.1 Å². The van der Waals surface area contributed by atoms with Crippen molar-refractivity contribution in [3.8, 4) is 12.1 Å². The number of hydrogen-bond donors (Lipinski definition) is 0. The topological polar surface area (TPSA) is 129 Å². The zero-order valence-corrected chi connectivity index (χ0v) is 15.1. The molecule has 3 aromatic heterocycles. The maximum Gasteiger partial charge on any atom is 0.190 e. The molecule has 124 valence electrons. The summed E-state index contributed by atoms with van der Waals surface area (Å²) in [6.45, 7) is 1.75. The Morgan fingerprint density at radius 1 is 1.28 bits per heavy atom. The van der Waals surface area contributed by atoms with Gasteiger partial charge in [-0.1, -0.05) is 11.8 Å². The molecule has 0 amide bonds. The number of aryl methyl sites for hydroxylation is 1. The molecule has 9 nitrogen and oxygen atoms in total. The number of rotatable bonds is 4. The van der Waals surface area contributed by atoms with E-state index < -0.39 is 5.92 Å². The molecular weight excluding hydrogens is 358 g/mol. The van der Waals surface area contributed by atoms with Crippen molar-refractivity contribution in [2.75, 3.05) is 6.26 Å². The summed E-state index contributed by atoms with van der Waals surface area (Å²) in [4.78, 5) is 12.8. The third-order valence-corrected chi connectivity index (χ3v) is 4.70. The largest absolute Gasteiger partial charge is 0.313 e. The van der Waals surface area contributed by atoms with Crippen LogP contribution in [0, 0.1) is 29.6 Å². The number of nitriles is 2. The average Bonchev–Trinajstić information content (AvgIpc) is 3.15. The van der Waals surface area contributed by atoms with E-state index in [1.807, 2.05) is 18.4 Å². The predicted molar refractivity (Wildman–Crippen MR) is 93.1 cm³/mol. The fourth-order valence-electron chi connectivity index (χ4n) is 2.17. The Morgan fingerprint density at radius 2 is 2.04 bits per heavy atom. The van der Waals surface area contributed by atoms with Gasteiger partial charge in [-0.15, -0.1) is 10.2 Å². The van der Waals surface area contributed by atoms with E-state index in [9.17, 15) is 0 Å². The molecule has 0 atom stereocenters. The van der Waals surface area contributed by atoms with Crippen LogP contribution in [0.5, 0.6) is 0 Å². The first-order chi connectivity index (χ1) is 12.1. The first-order valence-corrected chi connectivity index (χ1v) is 8.99. The first-order valence-electron chi connectivity index (χ1n) is 6.99. The van der Waals surface area contributed by atoms with Crippen LogP contribution in [-0.2, 0) is 7.05 Å². The van der Waals surface area contributed by atoms with Crippen molar-refractivity contribution in [1.82, 2.24) is 23.9 Å². The van der Waals surface area contributed by atoms with Crippen molar-refractivity contribution in [2.45, 2.75) is 18.0 Å². The van der Waals surface area contributed by atoms with Gasteiger partial charge < -0.3 is 4.57 Å². The number of aromatic nitrogens is 5. The molecule has 0 N–H and O–H groups in total. The van der Waals surface area contributed by atoms with Gasteiger partial charge in [0.2, 0.25) is 0 Å². The zero-order chi connectivity index (χ0) is 18.0. The molecule has 0 aliphatic carbocycles. The lowest BCUT2D eigenvalue weighted by Gasteiger charge is -2.01. The molecule has 0 bridgehead atoms. The molecule has 11 heteroatoms. The highest BCUT2D eigenvalue weighted by Gasteiger charge is 2.20. The van der Waals surface area contributed by atoms with Crippen LogP contribution in [0.15, 0.2) is 21.6 Å². The van der Waals surface area contributed by atoms with E-state index >= 15 is 0 Å². The van der Waals surface area contributed by atoms with Gasteiger partial charge >= 0.3 is 0 Å². The van der Waals surface area contributed by atoms with Gasteiger partial charge in [-0.2, -0.15) is 14.9 Å². The van der Waals surface area contributed by atoms with E-state index in [0.717, 1.165) is 5.39 Å². The lowest BCUT2D eigenvalue weighted by molar-refractivity contribution is 0.797. The number of fused-ring (bicyclic) bond motifs is 1. The number of thioether (sulfide) groups is 1. The second-order valence-electron chi connectivity index (χ2n) is 4.91. The van der Waals surface area contributed by atoms with Crippen molar-refractivity contribution in [3.05, 3.63) is 17.7 Å². The normalized spacial score (nSPS) is 11.3. The molecule has 0 saturated carbocycles. The maximum absolute atomic E-state index is 9.04. The third-order valence-electron chi connectivity index (χ3n) is 3.40. The Morgan fingerprint density at radius 3 is 2.72 bits per heavy atom. The molecule has 0 aliphatic heterocycles. The van der Waals surface area contributed by atoms with Gasteiger partial charge in [-0.25, -0.2) is 15.0 Å². The molecule has 3 heterocycles. The first kappa shape index (κ1) is 17.0. The van der Waals surface area contributed by atoms with Crippen LogP contribution < -0.4 is 0 Å².